The van der Waals surface area contributed by atoms with E-state index in [1.165, 1.54) is 7.11 Å². The van der Waals surface area contributed by atoms with Crippen LogP contribution in [0.4, 0.5) is 5.82 Å². The average molecular weight is 250 g/mol. The topological polar surface area (TPSA) is 67.4 Å². The van der Waals surface area contributed by atoms with Crippen LogP contribution in [0.25, 0.3) is 0 Å². The van der Waals surface area contributed by atoms with Crippen LogP contribution in [0.1, 0.15) is 24.6 Å². The molecule has 0 aliphatic carbocycles. The molecule has 1 aliphatic heterocycles. The molecule has 0 bridgehead atoms. The van der Waals surface area contributed by atoms with Crippen LogP contribution in [-0.4, -0.2) is 48.1 Å². The first kappa shape index (κ1) is 12.8. The summed E-state index contributed by atoms with van der Waals surface area (Å²) in [6.07, 6.45) is 5.21. The molecule has 1 N–H and O–H groups in total. The fraction of sp³-hybridized carbons (Fsp3) is 0.583. The molecule has 98 valence electrons. The highest BCUT2D eigenvalue weighted by Gasteiger charge is 2.32. The number of nitrogens with one attached hydrogen (secondary N) is 1. The van der Waals surface area contributed by atoms with Gasteiger partial charge >= 0.3 is 0 Å². The third-order valence-electron chi connectivity index (χ3n) is 3.12. The van der Waals surface area contributed by atoms with Crippen molar-refractivity contribution < 1.29 is 9.53 Å². The normalized spacial score (nSPS) is 19.0. The maximum atomic E-state index is 12.0. The van der Waals surface area contributed by atoms with Gasteiger partial charge in [0.2, 0.25) is 5.91 Å². The van der Waals surface area contributed by atoms with Crippen molar-refractivity contribution in [2.24, 2.45) is 0 Å². The minimum atomic E-state index is 0.00352. The molecule has 1 aliphatic rings. The number of carbonyl (C=O) groups excluding carboxylic acids is 1. The van der Waals surface area contributed by atoms with Gasteiger partial charge in [-0.2, -0.15) is 0 Å². The average Bonchev–Trinajstić information content (AvgIpc) is 2.88. The van der Waals surface area contributed by atoms with Gasteiger partial charge in [-0.15, -0.1) is 0 Å². The molecule has 0 aromatic carbocycles. The number of hydrogen-bond donors (Lipinski definition) is 1. The highest BCUT2D eigenvalue weighted by molar-refractivity contribution is 5.78. The lowest BCUT2D eigenvalue weighted by Gasteiger charge is -2.25. The lowest BCUT2D eigenvalue weighted by molar-refractivity contribution is -0.136. The van der Waals surface area contributed by atoms with Crippen LogP contribution in [-0.2, 0) is 9.53 Å². The third-order valence-corrected chi connectivity index (χ3v) is 3.12. The van der Waals surface area contributed by atoms with E-state index in [1.807, 2.05) is 11.9 Å². The lowest BCUT2D eigenvalue weighted by atomic mass is 10.1. The molecule has 0 spiro atoms. The first-order chi connectivity index (χ1) is 8.77. The summed E-state index contributed by atoms with van der Waals surface area (Å²) in [6.45, 7) is 0.873. The molecule has 1 aromatic heterocycles. The smallest absolute Gasteiger partial charge is 0.249 e. The van der Waals surface area contributed by atoms with Crippen molar-refractivity contribution in [2.75, 3.05) is 32.6 Å². The standard InChI is InChI=1S/C12H18N4O2/c1-13-12-11(14-5-6-15-12)9-4-3-7-16(9)10(17)8-18-2/h5-6,9H,3-4,7-8H2,1-2H3,(H,13,15)/t9-/m0/s1. The number of aromatic nitrogens is 2. The Kier molecular flexibility index (Phi) is 4.09. The quantitative estimate of drug-likeness (QED) is 0.857. The Hall–Kier alpha value is -1.69. The number of anilines is 1. The number of hydrogen-bond acceptors (Lipinski definition) is 5. The second-order valence-electron chi connectivity index (χ2n) is 4.22. The van der Waals surface area contributed by atoms with Crippen LogP contribution in [0, 0.1) is 0 Å². The van der Waals surface area contributed by atoms with Crippen molar-refractivity contribution in [3.63, 3.8) is 0 Å². The van der Waals surface area contributed by atoms with Crippen molar-refractivity contribution in [3.05, 3.63) is 18.1 Å². The molecule has 1 aromatic rings. The van der Waals surface area contributed by atoms with E-state index in [9.17, 15) is 4.79 Å². The Morgan fingerprint density at radius 1 is 1.56 bits per heavy atom. The zero-order valence-corrected chi connectivity index (χ0v) is 10.7. The van der Waals surface area contributed by atoms with Crippen molar-refractivity contribution in [1.82, 2.24) is 14.9 Å². The summed E-state index contributed by atoms with van der Waals surface area (Å²) in [4.78, 5) is 22.4. The summed E-state index contributed by atoms with van der Waals surface area (Å²) >= 11 is 0. The van der Waals surface area contributed by atoms with Crippen LogP contribution in [0.2, 0.25) is 0 Å². The van der Waals surface area contributed by atoms with Gasteiger partial charge in [0, 0.05) is 33.1 Å². The number of nitrogens with zero attached hydrogens (tertiary/aromatic N) is 3. The fourth-order valence-electron chi connectivity index (χ4n) is 2.34. The van der Waals surface area contributed by atoms with E-state index in [1.54, 1.807) is 12.4 Å². The first-order valence-electron chi connectivity index (χ1n) is 6.05. The summed E-state index contributed by atoms with van der Waals surface area (Å²) in [5.41, 5.74) is 0.835. The molecule has 1 amide bonds. The van der Waals surface area contributed by atoms with Gasteiger partial charge in [-0.1, -0.05) is 0 Å². The molecule has 6 heteroatoms. The lowest BCUT2D eigenvalue weighted by Crippen LogP contribution is -2.34. The number of likely N-dealkylation sites (tertiary alicyclic amines) is 1. The molecule has 2 rings (SSSR count). The molecule has 1 fully saturated rings. The van der Waals surface area contributed by atoms with Crippen LogP contribution in [0.15, 0.2) is 12.4 Å². The van der Waals surface area contributed by atoms with E-state index in [-0.39, 0.29) is 18.6 Å². The minimum Gasteiger partial charge on any atom is -0.375 e. The Balaban J connectivity index is 2.23. The third kappa shape index (κ3) is 2.43. The summed E-state index contributed by atoms with van der Waals surface area (Å²) < 4.78 is 4.91. The van der Waals surface area contributed by atoms with E-state index in [0.29, 0.717) is 0 Å². The van der Waals surface area contributed by atoms with Crippen molar-refractivity contribution >= 4 is 11.7 Å². The summed E-state index contributed by atoms with van der Waals surface area (Å²) in [6, 6.07) is 0.00352. The van der Waals surface area contributed by atoms with Crippen LogP contribution >= 0.6 is 0 Å². The molecular weight excluding hydrogens is 232 g/mol. The van der Waals surface area contributed by atoms with Gasteiger partial charge in [0.15, 0.2) is 0 Å². The highest BCUT2D eigenvalue weighted by atomic mass is 16.5. The van der Waals surface area contributed by atoms with Crippen LogP contribution in [0.5, 0.6) is 0 Å². The second kappa shape index (κ2) is 5.77. The number of methoxy groups -OCH3 is 1. The molecule has 6 nitrogen and oxygen atoms in total. The van der Waals surface area contributed by atoms with Gasteiger partial charge in [-0.3, -0.25) is 9.78 Å². The number of carbonyl (C=O) groups is 1. The van der Waals surface area contributed by atoms with Gasteiger partial charge in [-0.25, -0.2) is 4.98 Å². The fourth-order valence-corrected chi connectivity index (χ4v) is 2.34. The van der Waals surface area contributed by atoms with E-state index in [4.69, 9.17) is 4.74 Å². The molecule has 1 atom stereocenters. The number of rotatable bonds is 4. The summed E-state index contributed by atoms with van der Waals surface area (Å²) in [5, 5.41) is 3.02. The van der Waals surface area contributed by atoms with Gasteiger partial charge in [0.05, 0.1) is 6.04 Å². The van der Waals surface area contributed by atoms with Crippen molar-refractivity contribution in [2.45, 2.75) is 18.9 Å². The molecular formula is C12H18N4O2. The van der Waals surface area contributed by atoms with Crippen LogP contribution < -0.4 is 5.32 Å². The largest absolute Gasteiger partial charge is 0.375 e. The van der Waals surface area contributed by atoms with Gasteiger partial charge in [-0.05, 0) is 12.8 Å². The SMILES string of the molecule is CNc1nccnc1[C@@H]1CCCN1C(=O)COC. The first-order valence-corrected chi connectivity index (χ1v) is 6.05. The monoisotopic (exact) mass is 250 g/mol. The molecule has 1 saturated heterocycles. The molecule has 0 saturated carbocycles. The Morgan fingerprint density at radius 3 is 3.06 bits per heavy atom. The van der Waals surface area contributed by atoms with Gasteiger partial charge in [0.25, 0.3) is 0 Å². The highest BCUT2D eigenvalue weighted by Crippen LogP contribution is 2.33. The molecule has 0 radical (unpaired) electrons. The van der Waals surface area contributed by atoms with E-state index in [0.717, 1.165) is 30.9 Å². The maximum absolute atomic E-state index is 12.0. The predicted octanol–water partition coefficient (Wildman–Crippen LogP) is 0.828. The Labute approximate surface area is 106 Å². The summed E-state index contributed by atoms with van der Waals surface area (Å²) in [5.74, 6) is 0.743. The predicted molar refractivity (Wildman–Crippen MR) is 67.1 cm³/mol. The zero-order chi connectivity index (χ0) is 13.0. The number of ether oxygens (including phenoxy) is 1. The molecule has 0 unspecified atom stereocenters. The van der Waals surface area contributed by atoms with Crippen LogP contribution in [0.3, 0.4) is 0 Å². The van der Waals surface area contributed by atoms with Gasteiger partial charge < -0.3 is 15.0 Å². The van der Waals surface area contributed by atoms with E-state index >= 15 is 0 Å². The zero-order valence-electron chi connectivity index (χ0n) is 10.7. The minimum absolute atomic E-state index is 0.00352. The number of amides is 1. The maximum Gasteiger partial charge on any atom is 0.249 e. The molecule has 2 heterocycles. The second-order valence-corrected chi connectivity index (χ2v) is 4.22. The molecule has 18 heavy (non-hydrogen) atoms. The Bertz CT molecular complexity index is 424. The van der Waals surface area contributed by atoms with E-state index < -0.39 is 0 Å². The Morgan fingerprint density at radius 2 is 2.33 bits per heavy atom. The van der Waals surface area contributed by atoms with E-state index in [2.05, 4.69) is 15.3 Å². The van der Waals surface area contributed by atoms with Crippen molar-refractivity contribution in [3.8, 4) is 0 Å². The summed E-state index contributed by atoms with van der Waals surface area (Å²) in [7, 11) is 3.34. The van der Waals surface area contributed by atoms with Gasteiger partial charge in [0.1, 0.15) is 18.1 Å². The van der Waals surface area contributed by atoms with Crippen molar-refractivity contribution in [1.29, 1.82) is 0 Å².